The van der Waals surface area contributed by atoms with Crippen molar-refractivity contribution in [2.24, 2.45) is 28.4 Å². The normalized spacial score (nSPS) is 42.1. The molecular weight excluding hydrogens is 264 g/mol. The SMILES string of the molecule is COCC(N)CN(C)C(=O)C12CC3CC(CC(C)(C3)C1)C2. The van der Waals surface area contributed by atoms with Gasteiger partial charge < -0.3 is 15.4 Å². The van der Waals surface area contributed by atoms with E-state index in [2.05, 4.69) is 6.92 Å². The third kappa shape index (κ3) is 2.72. The summed E-state index contributed by atoms with van der Waals surface area (Å²) in [7, 11) is 3.57. The van der Waals surface area contributed by atoms with E-state index in [0.717, 1.165) is 31.1 Å². The maximum Gasteiger partial charge on any atom is 0.228 e. The second kappa shape index (κ2) is 5.24. The average molecular weight is 294 g/mol. The molecule has 0 aliphatic heterocycles. The Morgan fingerprint density at radius 1 is 1.33 bits per heavy atom. The number of hydrogen-bond donors (Lipinski definition) is 1. The number of likely N-dealkylation sites (N-methyl/N-ethyl adjacent to an activating group) is 1. The highest BCUT2D eigenvalue weighted by Gasteiger charge is 2.59. The Bertz CT molecular complexity index is 409. The van der Waals surface area contributed by atoms with E-state index in [0.29, 0.717) is 24.5 Å². The molecule has 4 fully saturated rings. The van der Waals surface area contributed by atoms with E-state index in [9.17, 15) is 4.79 Å². The van der Waals surface area contributed by atoms with Crippen molar-refractivity contribution in [3.8, 4) is 0 Å². The van der Waals surface area contributed by atoms with Crippen LogP contribution < -0.4 is 5.73 Å². The molecule has 2 N–H and O–H groups in total. The Morgan fingerprint density at radius 2 is 1.95 bits per heavy atom. The number of ether oxygens (including phenoxy) is 1. The molecule has 21 heavy (non-hydrogen) atoms. The molecule has 0 heterocycles. The first kappa shape index (κ1) is 15.3. The van der Waals surface area contributed by atoms with Crippen LogP contribution in [0.25, 0.3) is 0 Å². The van der Waals surface area contributed by atoms with Crippen LogP contribution >= 0.6 is 0 Å². The van der Waals surface area contributed by atoms with E-state index in [4.69, 9.17) is 10.5 Å². The number of carbonyl (C=O) groups is 1. The van der Waals surface area contributed by atoms with Crippen LogP contribution in [0.15, 0.2) is 0 Å². The molecule has 4 saturated carbocycles. The molecule has 1 amide bonds. The average Bonchev–Trinajstić information content (AvgIpc) is 2.34. The van der Waals surface area contributed by atoms with Gasteiger partial charge in [0.2, 0.25) is 5.91 Å². The van der Waals surface area contributed by atoms with Crippen LogP contribution in [0.1, 0.15) is 45.4 Å². The zero-order valence-electron chi connectivity index (χ0n) is 13.7. The Hall–Kier alpha value is -0.610. The number of carbonyl (C=O) groups excluding carboxylic acids is 1. The van der Waals surface area contributed by atoms with E-state index < -0.39 is 0 Å². The lowest BCUT2D eigenvalue weighted by Gasteiger charge is -2.61. The van der Waals surface area contributed by atoms with Crippen molar-refractivity contribution in [3.05, 3.63) is 0 Å². The molecule has 0 aromatic heterocycles. The van der Waals surface area contributed by atoms with Crippen molar-refractivity contribution in [2.45, 2.75) is 51.5 Å². The van der Waals surface area contributed by atoms with Gasteiger partial charge in [0, 0.05) is 26.7 Å². The summed E-state index contributed by atoms with van der Waals surface area (Å²) in [6.07, 6.45) is 7.35. The summed E-state index contributed by atoms with van der Waals surface area (Å²) in [6.45, 7) is 3.51. The monoisotopic (exact) mass is 294 g/mol. The summed E-state index contributed by atoms with van der Waals surface area (Å²) in [5.41, 5.74) is 6.35. The molecule has 3 unspecified atom stereocenters. The lowest BCUT2D eigenvalue weighted by atomic mass is 9.44. The van der Waals surface area contributed by atoms with Crippen LogP contribution in [0, 0.1) is 22.7 Å². The van der Waals surface area contributed by atoms with E-state index >= 15 is 0 Å². The highest BCUT2D eigenvalue weighted by molar-refractivity contribution is 5.83. The topological polar surface area (TPSA) is 55.6 Å². The quantitative estimate of drug-likeness (QED) is 0.844. The van der Waals surface area contributed by atoms with E-state index in [1.54, 1.807) is 7.11 Å². The van der Waals surface area contributed by atoms with Crippen LogP contribution in [0.2, 0.25) is 0 Å². The van der Waals surface area contributed by atoms with Crippen molar-refractivity contribution in [3.63, 3.8) is 0 Å². The van der Waals surface area contributed by atoms with Crippen molar-refractivity contribution in [2.75, 3.05) is 27.3 Å². The molecule has 4 nitrogen and oxygen atoms in total. The highest BCUT2D eigenvalue weighted by atomic mass is 16.5. The van der Waals surface area contributed by atoms with Gasteiger partial charge >= 0.3 is 0 Å². The van der Waals surface area contributed by atoms with E-state index in [1.165, 1.54) is 19.3 Å². The summed E-state index contributed by atoms with van der Waals surface area (Å²) < 4.78 is 5.09. The maximum absolute atomic E-state index is 13.1. The van der Waals surface area contributed by atoms with Crippen LogP contribution in [0.4, 0.5) is 0 Å². The fraction of sp³-hybridized carbons (Fsp3) is 0.941. The minimum absolute atomic E-state index is 0.0830. The largest absolute Gasteiger partial charge is 0.383 e. The summed E-state index contributed by atoms with van der Waals surface area (Å²) >= 11 is 0. The lowest BCUT2D eigenvalue weighted by Crippen LogP contribution is -2.58. The van der Waals surface area contributed by atoms with Gasteiger partial charge in [-0.25, -0.2) is 0 Å². The first-order chi connectivity index (χ1) is 9.86. The molecule has 0 radical (unpaired) electrons. The van der Waals surface area contributed by atoms with Gasteiger partial charge in [0.25, 0.3) is 0 Å². The predicted molar refractivity (Wildman–Crippen MR) is 82.7 cm³/mol. The third-order valence-electron chi connectivity index (χ3n) is 6.04. The van der Waals surface area contributed by atoms with Crippen molar-refractivity contribution in [1.82, 2.24) is 4.90 Å². The summed E-state index contributed by atoms with van der Waals surface area (Å²) in [5, 5.41) is 0. The van der Waals surface area contributed by atoms with Gasteiger partial charge in [-0.05, 0) is 55.8 Å². The molecule has 3 atom stereocenters. The minimum atomic E-state index is -0.0894. The van der Waals surface area contributed by atoms with E-state index in [-0.39, 0.29) is 11.5 Å². The van der Waals surface area contributed by atoms with Crippen LogP contribution in [0.3, 0.4) is 0 Å². The number of amides is 1. The maximum atomic E-state index is 13.1. The summed E-state index contributed by atoms with van der Waals surface area (Å²) in [4.78, 5) is 15.0. The number of hydrogen-bond acceptors (Lipinski definition) is 3. The third-order valence-corrected chi connectivity index (χ3v) is 6.04. The number of nitrogens with two attached hydrogens (primary N) is 1. The molecular formula is C17H30N2O2. The molecule has 0 saturated heterocycles. The molecule has 0 spiro atoms. The standard InChI is InChI=1S/C17H30N2O2/c1-16-5-12-4-13(6-16)8-17(7-12,11-16)15(20)19(2)9-14(18)10-21-3/h12-14H,4-11,18H2,1-3H3. The molecule has 120 valence electrons. The first-order valence-electron chi connectivity index (χ1n) is 8.36. The van der Waals surface area contributed by atoms with Gasteiger partial charge in [-0.1, -0.05) is 6.92 Å². The molecule has 4 aliphatic rings. The number of rotatable bonds is 5. The Balaban J connectivity index is 1.72. The number of methoxy groups -OCH3 is 1. The zero-order chi connectivity index (χ0) is 15.3. The molecule has 0 aromatic carbocycles. The molecule has 4 heteroatoms. The van der Waals surface area contributed by atoms with Gasteiger partial charge in [0.1, 0.15) is 0 Å². The van der Waals surface area contributed by atoms with Crippen LogP contribution in [-0.4, -0.2) is 44.2 Å². The fourth-order valence-electron chi connectivity index (χ4n) is 6.08. The summed E-state index contributed by atoms with van der Waals surface area (Å²) in [5.74, 6) is 1.90. The first-order valence-corrected chi connectivity index (χ1v) is 8.36. The fourth-order valence-corrected chi connectivity index (χ4v) is 6.08. The van der Waals surface area contributed by atoms with Crippen LogP contribution in [0.5, 0.6) is 0 Å². The molecule has 4 bridgehead atoms. The Morgan fingerprint density at radius 3 is 2.48 bits per heavy atom. The van der Waals surface area contributed by atoms with Crippen molar-refractivity contribution < 1.29 is 9.53 Å². The number of nitrogens with zero attached hydrogens (tertiary/aromatic N) is 1. The second-order valence-electron chi connectivity index (χ2n) is 8.45. The zero-order valence-corrected chi connectivity index (χ0v) is 13.7. The highest BCUT2D eigenvalue weighted by Crippen LogP contribution is 2.65. The van der Waals surface area contributed by atoms with Crippen molar-refractivity contribution in [1.29, 1.82) is 0 Å². The molecule has 0 aromatic rings. The van der Waals surface area contributed by atoms with Gasteiger partial charge in [0.15, 0.2) is 0 Å². The predicted octanol–water partition coefficient (Wildman–Crippen LogP) is 2.02. The van der Waals surface area contributed by atoms with E-state index in [1.807, 2.05) is 11.9 Å². The van der Waals surface area contributed by atoms with Gasteiger partial charge in [0.05, 0.1) is 12.0 Å². The minimum Gasteiger partial charge on any atom is -0.383 e. The second-order valence-corrected chi connectivity index (χ2v) is 8.45. The molecule has 4 rings (SSSR count). The summed E-state index contributed by atoms with van der Waals surface area (Å²) in [6, 6.07) is -0.0894. The van der Waals surface area contributed by atoms with Crippen molar-refractivity contribution >= 4 is 5.91 Å². The van der Waals surface area contributed by atoms with Crippen LogP contribution in [-0.2, 0) is 9.53 Å². The van der Waals surface area contributed by atoms with Gasteiger partial charge in [-0.3, -0.25) is 4.79 Å². The smallest absolute Gasteiger partial charge is 0.228 e. The van der Waals surface area contributed by atoms with Gasteiger partial charge in [-0.15, -0.1) is 0 Å². The van der Waals surface area contributed by atoms with Gasteiger partial charge in [-0.2, -0.15) is 0 Å². The Labute approximate surface area is 128 Å². The lowest BCUT2D eigenvalue weighted by molar-refractivity contribution is -0.165. The molecule has 4 aliphatic carbocycles. The Kier molecular flexibility index (Phi) is 3.81.